The maximum absolute atomic E-state index is 6.63. The minimum atomic E-state index is -0.128. The van der Waals surface area contributed by atoms with Crippen molar-refractivity contribution in [1.29, 1.82) is 0 Å². The Morgan fingerprint density at radius 2 is 0.775 bits per heavy atom. The Morgan fingerprint density at radius 3 is 1.50 bits per heavy atom. The molecule has 29 rings (SSSR count). The molecule has 0 N–H and O–H groups in total. The Hall–Kier alpha value is -16.7. The highest BCUT2D eigenvalue weighted by molar-refractivity contribution is 7.26. The van der Waals surface area contributed by atoms with Crippen LogP contribution in [0.25, 0.3) is 251 Å². The van der Waals surface area contributed by atoms with Gasteiger partial charge in [-0.15, -0.1) is 11.3 Å². The van der Waals surface area contributed by atoms with Crippen LogP contribution in [0.5, 0.6) is 0 Å². The molecule has 0 aliphatic heterocycles. The first kappa shape index (κ1) is 72.7. The summed E-state index contributed by atoms with van der Waals surface area (Å²) in [6.45, 7) is 4.81. The van der Waals surface area contributed by atoms with Crippen LogP contribution in [0.4, 0.5) is 0 Å². The molecule has 8 aromatic heterocycles. The van der Waals surface area contributed by atoms with E-state index in [1.807, 2.05) is 90.5 Å². The lowest BCUT2D eigenvalue weighted by Crippen LogP contribution is -2.15. The van der Waals surface area contributed by atoms with E-state index in [0.717, 1.165) is 87.4 Å². The fourth-order valence-corrected chi connectivity index (χ4v) is 22.6. The smallest absolute Gasteiger partial charge is 0.238 e. The molecule has 602 valence electrons. The second-order valence-corrected chi connectivity index (χ2v) is 35.6. The summed E-state index contributed by atoms with van der Waals surface area (Å²) in [6.07, 6.45) is 3.62. The van der Waals surface area contributed by atoms with E-state index in [1.165, 1.54) is 151 Å². The molecule has 0 amide bonds. The molecule has 0 saturated heterocycles. The number of rotatable bonds is 6. The molecule has 0 atom stereocenters. The van der Waals surface area contributed by atoms with Crippen molar-refractivity contribution in [2.24, 2.45) is 0 Å². The molecular formula is C118H73N9OS. The van der Waals surface area contributed by atoms with Crippen LogP contribution in [0.15, 0.2) is 411 Å². The SMILES string of the molecule is CC1(C)c2cc3c4c5ccccc5ccc4n(-c4ccc5c(c4)c4ccccc4n5-c4ccccc4)c3cc2-c2ccc3ccccc3c21.c1ccc(-c2nc(-c3ccccc3)nc(-n3c4cc5c(cc4c4ccc6ccccc6c43)oc3c4ccccc4ccc53)n2)cc1.c1cnc(-n2c3cc4ccccc4cc3c3cc4sc5c6ccccc6ccc5c4cc32)nc1. The van der Waals surface area contributed by atoms with Gasteiger partial charge in [0.2, 0.25) is 11.9 Å². The van der Waals surface area contributed by atoms with Crippen molar-refractivity contribution < 1.29 is 4.42 Å². The van der Waals surface area contributed by atoms with Gasteiger partial charge < -0.3 is 13.6 Å². The van der Waals surface area contributed by atoms with E-state index in [0.29, 0.717) is 23.5 Å². The standard InChI is InChI=1S/C47H32N2.C41H24N4O.C30H17N3S/c1-47(2)40-27-39-44(28-37(40)36-23-20-30-13-7-9-17-34(30)46(36)47)49(43-24-21-29-12-6-8-16-33(29)45(39)43)32-22-25-42-38(26-32)35-18-10-11-19-41(35)48(42)31-14-4-3-5-15-31;1-3-13-27(14-4-1)39-42-40(28-15-5-2-6-16-28)44-41(43-39)45-35-23-34-32-22-20-26-12-8-10-18-30(26)38(32)46-36(34)24-33(35)31-21-19-25-11-7-9-17-29(25)37(31)45;1-2-8-20-15-26-23(14-19(20)7-1)24-17-28-25(16-27(24)33(26)30-31-12-5-13-32-30)22-11-10-18-6-3-4-9-21(18)29(22)34-28/h3-28H,1-2H3;1-24H;1-17H. The Kier molecular flexibility index (Phi) is 15.9. The molecule has 129 heavy (non-hydrogen) atoms. The normalized spacial score (nSPS) is 12.6. The van der Waals surface area contributed by atoms with Crippen LogP contribution in [-0.4, -0.2) is 43.2 Å². The van der Waals surface area contributed by atoms with Gasteiger partial charge in [0, 0.05) is 125 Å². The zero-order valence-electron chi connectivity index (χ0n) is 70.0. The monoisotopic (exact) mass is 1660 g/mol. The Balaban J connectivity index is 0.000000101. The average molecular weight is 1670 g/mol. The number of para-hydroxylation sites is 2. The van der Waals surface area contributed by atoms with Crippen molar-refractivity contribution in [1.82, 2.24) is 43.2 Å². The Labute approximate surface area is 742 Å². The summed E-state index contributed by atoms with van der Waals surface area (Å²) in [7, 11) is 0. The number of aromatic nitrogens is 9. The zero-order valence-corrected chi connectivity index (χ0v) is 70.8. The van der Waals surface area contributed by atoms with E-state index < -0.39 is 0 Å². The number of thiophene rings is 1. The second kappa shape index (κ2) is 28.1. The van der Waals surface area contributed by atoms with E-state index in [4.69, 9.17) is 19.4 Å². The van der Waals surface area contributed by atoms with Gasteiger partial charge in [0.05, 0.1) is 44.1 Å². The first-order valence-electron chi connectivity index (χ1n) is 43.9. The molecule has 11 heteroatoms. The molecule has 1 aliphatic rings. The Bertz CT molecular complexity index is 9560. The summed E-state index contributed by atoms with van der Waals surface area (Å²) in [5.41, 5.74) is 20.6. The van der Waals surface area contributed by atoms with Gasteiger partial charge in [0.15, 0.2) is 11.6 Å². The molecule has 0 unspecified atom stereocenters. The number of furan rings is 1. The average Bonchev–Trinajstić information content (AvgIpc) is 1.54. The fourth-order valence-electron chi connectivity index (χ4n) is 21.3. The predicted molar refractivity (Wildman–Crippen MR) is 539 cm³/mol. The molecule has 28 aromatic rings. The largest absolute Gasteiger partial charge is 0.455 e. The van der Waals surface area contributed by atoms with Crippen LogP contribution in [0, 0.1) is 0 Å². The van der Waals surface area contributed by atoms with Crippen molar-refractivity contribution in [2.75, 3.05) is 0 Å². The van der Waals surface area contributed by atoms with Crippen molar-refractivity contribution in [3.63, 3.8) is 0 Å². The van der Waals surface area contributed by atoms with Gasteiger partial charge in [-0.25, -0.2) is 15.0 Å². The molecule has 1 aliphatic carbocycles. The number of benzene rings is 20. The van der Waals surface area contributed by atoms with Crippen molar-refractivity contribution in [3.05, 3.63) is 418 Å². The first-order valence-corrected chi connectivity index (χ1v) is 44.7. The van der Waals surface area contributed by atoms with Crippen LogP contribution in [0.2, 0.25) is 0 Å². The quantitative estimate of drug-likeness (QED) is 0.165. The first-order chi connectivity index (χ1) is 63.7. The maximum Gasteiger partial charge on any atom is 0.238 e. The third-order valence-electron chi connectivity index (χ3n) is 27.1. The molecule has 8 heterocycles. The minimum absolute atomic E-state index is 0.128. The van der Waals surface area contributed by atoms with E-state index in [-0.39, 0.29) is 5.41 Å². The summed E-state index contributed by atoms with van der Waals surface area (Å²) < 4.78 is 18.6. The van der Waals surface area contributed by atoms with Crippen LogP contribution in [0.3, 0.4) is 0 Å². The highest BCUT2D eigenvalue weighted by atomic mass is 32.1. The number of nitrogens with zero attached hydrogens (tertiary/aromatic N) is 9. The maximum atomic E-state index is 6.63. The molecule has 0 radical (unpaired) electrons. The van der Waals surface area contributed by atoms with E-state index in [2.05, 4.69) is 370 Å². The predicted octanol–water partition coefficient (Wildman–Crippen LogP) is 31.3. The van der Waals surface area contributed by atoms with E-state index in [9.17, 15) is 0 Å². The zero-order chi connectivity index (χ0) is 84.8. The third-order valence-corrected chi connectivity index (χ3v) is 28.3. The molecule has 0 spiro atoms. The van der Waals surface area contributed by atoms with Crippen LogP contribution < -0.4 is 0 Å². The lowest BCUT2D eigenvalue weighted by atomic mass is 9.80. The van der Waals surface area contributed by atoms with Gasteiger partial charge in [-0.3, -0.25) is 9.13 Å². The summed E-state index contributed by atoms with van der Waals surface area (Å²) in [5.74, 6) is 2.52. The lowest BCUT2D eigenvalue weighted by Gasteiger charge is -2.23. The molecule has 0 saturated carbocycles. The van der Waals surface area contributed by atoms with Gasteiger partial charge in [-0.2, -0.15) is 9.97 Å². The topological polar surface area (TPSA) is 97.3 Å². The van der Waals surface area contributed by atoms with E-state index in [1.54, 1.807) is 0 Å². The number of fused-ring (bicyclic) bond motifs is 32. The van der Waals surface area contributed by atoms with Crippen molar-refractivity contribution in [2.45, 2.75) is 19.3 Å². The van der Waals surface area contributed by atoms with Crippen LogP contribution in [0.1, 0.15) is 25.0 Å². The van der Waals surface area contributed by atoms with Gasteiger partial charge in [-0.05, 0) is 179 Å². The number of hydrogen-bond donors (Lipinski definition) is 0. The van der Waals surface area contributed by atoms with Gasteiger partial charge in [0.25, 0.3) is 0 Å². The van der Waals surface area contributed by atoms with Gasteiger partial charge >= 0.3 is 0 Å². The summed E-state index contributed by atoms with van der Waals surface area (Å²) >= 11 is 1.88. The summed E-state index contributed by atoms with van der Waals surface area (Å²) in [4.78, 5) is 24.6. The highest BCUT2D eigenvalue weighted by Crippen LogP contribution is 2.55. The third kappa shape index (κ3) is 11.1. The number of hydrogen-bond acceptors (Lipinski definition) is 7. The Morgan fingerprint density at radius 1 is 0.271 bits per heavy atom. The van der Waals surface area contributed by atoms with Crippen molar-refractivity contribution in [3.8, 4) is 57.2 Å². The van der Waals surface area contributed by atoms with Crippen LogP contribution >= 0.6 is 11.3 Å². The minimum Gasteiger partial charge on any atom is -0.455 e. The highest BCUT2D eigenvalue weighted by Gasteiger charge is 2.38. The molecule has 0 bridgehead atoms. The fraction of sp³-hybridized carbons (Fsp3) is 0.0254. The van der Waals surface area contributed by atoms with Gasteiger partial charge in [0.1, 0.15) is 11.2 Å². The molecule has 0 fully saturated rings. The molecule has 20 aromatic carbocycles. The summed E-state index contributed by atoms with van der Waals surface area (Å²) in [6, 6.07) is 142. The molecular weight excluding hydrogens is 1590 g/mol. The van der Waals surface area contributed by atoms with Crippen LogP contribution in [-0.2, 0) is 5.41 Å². The van der Waals surface area contributed by atoms with Gasteiger partial charge in [-0.1, -0.05) is 305 Å². The van der Waals surface area contributed by atoms with E-state index >= 15 is 0 Å². The lowest BCUT2D eigenvalue weighted by molar-refractivity contribution is 0.667. The second-order valence-electron chi connectivity index (χ2n) is 34.6. The van der Waals surface area contributed by atoms with Crippen molar-refractivity contribution >= 4 is 205 Å². The summed E-state index contributed by atoms with van der Waals surface area (Å²) in [5, 5.41) is 29.4. The molecule has 10 nitrogen and oxygen atoms in total.